The second-order valence-electron chi connectivity index (χ2n) is 6.13. The maximum Gasteiger partial charge on any atom is 0.151 e. The maximum absolute atomic E-state index is 8.93. The summed E-state index contributed by atoms with van der Waals surface area (Å²) in [6.07, 6.45) is 5.06. The molecule has 0 saturated carbocycles. The van der Waals surface area contributed by atoms with Crippen molar-refractivity contribution < 1.29 is 0 Å². The Bertz CT molecular complexity index is 962. The zero-order valence-electron chi connectivity index (χ0n) is 14.5. The molecule has 1 saturated heterocycles. The monoisotopic (exact) mass is 377 g/mol. The molecule has 0 spiro atoms. The van der Waals surface area contributed by atoms with Gasteiger partial charge in [-0.25, -0.2) is 4.98 Å². The van der Waals surface area contributed by atoms with E-state index < -0.39 is 0 Å². The number of aromatic nitrogens is 4. The molecule has 0 aromatic carbocycles. The van der Waals surface area contributed by atoms with Crippen molar-refractivity contribution in [2.45, 2.75) is 0 Å². The smallest absolute Gasteiger partial charge is 0.151 e. The molecule has 4 heterocycles. The average Bonchev–Trinajstić information content (AvgIpc) is 2.74. The van der Waals surface area contributed by atoms with Crippen LogP contribution < -0.4 is 9.80 Å². The molecule has 8 heteroatoms. The number of nitriles is 1. The van der Waals surface area contributed by atoms with E-state index in [4.69, 9.17) is 16.9 Å². The Hall–Kier alpha value is -3.24. The van der Waals surface area contributed by atoms with Gasteiger partial charge in [-0.15, -0.1) is 10.2 Å². The minimum Gasteiger partial charge on any atom is -0.352 e. The highest BCUT2D eigenvalue weighted by molar-refractivity contribution is 6.33. The van der Waals surface area contributed by atoms with E-state index in [1.165, 1.54) is 0 Å². The largest absolute Gasteiger partial charge is 0.352 e. The van der Waals surface area contributed by atoms with Crippen LogP contribution in [-0.2, 0) is 0 Å². The van der Waals surface area contributed by atoms with Crippen LogP contribution in [0.4, 0.5) is 11.6 Å². The Labute approximate surface area is 161 Å². The molecule has 0 amide bonds. The molecule has 1 aliphatic heterocycles. The van der Waals surface area contributed by atoms with Crippen LogP contribution in [0.15, 0.2) is 48.9 Å². The first kappa shape index (κ1) is 17.2. The van der Waals surface area contributed by atoms with Crippen LogP contribution in [-0.4, -0.2) is 46.3 Å². The lowest BCUT2D eigenvalue weighted by atomic mass is 10.2. The van der Waals surface area contributed by atoms with E-state index in [0.29, 0.717) is 16.4 Å². The van der Waals surface area contributed by atoms with Crippen LogP contribution >= 0.6 is 11.6 Å². The van der Waals surface area contributed by atoms with Gasteiger partial charge in [0, 0.05) is 50.3 Å². The minimum absolute atomic E-state index is 0.464. The first-order chi connectivity index (χ1) is 13.2. The van der Waals surface area contributed by atoms with Crippen molar-refractivity contribution in [2.75, 3.05) is 36.0 Å². The standard InChI is InChI=1S/C19H16ClN7/c20-16-10-14(11-21)12-23-19(16)27-8-6-26(7-9-27)18-4-3-17(24-25-18)15-2-1-5-22-13-15/h1-5,10,12-13H,6-9H2. The minimum atomic E-state index is 0.464. The predicted molar refractivity (Wildman–Crippen MR) is 104 cm³/mol. The number of nitrogens with zero attached hydrogens (tertiary/aromatic N) is 7. The lowest BCUT2D eigenvalue weighted by molar-refractivity contribution is 0.638. The summed E-state index contributed by atoms with van der Waals surface area (Å²) in [7, 11) is 0. The summed E-state index contributed by atoms with van der Waals surface area (Å²) < 4.78 is 0. The highest BCUT2D eigenvalue weighted by Gasteiger charge is 2.21. The number of anilines is 2. The molecule has 4 rings (SSSR count). The van der Waals surface area contributed by atoms with Gasteiger partial charge in [0.25, 0.3) is 0 Å². The topological polar surface area (TPSA) is 81.8 Å². The molecule has 0 aliphatic carbocycles. The quantitative estimate of drug-likeness (QED) is 0.694. The maximum atomic E-state index is 8.93. The van der Waals surface area contributed by atoms with Crippen molar-refractivity contribution in [2.24, 2.45) is 0 Å². The van der Waals surface area contributed by atoms with Gasteiger partial charge in [-0.3, -0.25) is 4.98 Å². The molecule has 3 aromatic heterocycles. The van der Waals surface area contributed by atoms with Gasteiger partial charge in [0.15, 0.2) is 5.82 Å². The number of rotatable bonds is 3. The second kappa shape index (κ2) is 7.56. The normalized spacial score (nSPS) is 14.1. The van der Waals surface area contributed by atoms with Crippen molar-refractivity contribution in [3.05, 3.63) is 59.5 Å². The average molecular weight is 378 g/mol. The fourth-order valence-electron chi connectivity index (χ4n) is 3.03. The third kappa shape index (κ3) is 3.66. The molecule has 1 fully saturated rings. The van der Waals surface area contributed by atoms with E-state index in [1.807, 2.05) is 30.3 Å². The number of halogens is 1. The van der Waals surface area contributed by atoms with Gasteiger partial charge in [0.05, 0.1) is 16.3 Å². The molecule has 1 aliphatic rings. The van der Waals surface area contributed by atoms with Crippen molar-refractivity contribution in [3.63, 3.8) is 0 Å². The molecular weight excluding hydrogens is 362 g/mol. The van der Waals surface area contributed by atoms with E-state index in [2.05, 4.69) is 30.0 Å². The first-order valence-electron chi connectivity index (χ1n) is 8.54. The van der Waals surface area contributed by atoms with Gasteiger partial charge in [-0.1, -0.05) is 11.6 Å². The molecule has 0 atom stereocenters. The Morgan fingerprint density at radius 2 is 1.81 bits per heavy atom. The summed E-state index contributed by atoms with van der Waals surface area (Å²) in [6, 6.07) is 11.5. The fraction of sp³-hybridized carbons (Fsp3) is 0.211. The molecule has 27 heavy (non-hydrogen) atoms. The SMILES string of the molecule is N#Cc1cnc(N2CCN(c3ccc(-c4cccnc4)nn3)CC2)c(Cl)c1. The molecule has 0 N–H and O–H groups in total. The first-order valence-corrected chi connectivity index (χ1v) is 8.92. The van der Waals surface area contributed by atoms with Gasteiger partial charge >= 0.3 is 0 Å². The molecule has 134 valence electrons. The molecule has 0 unspecified atom stereocenters. The van der Waals surface area contributed by atoms with Crippen LogP contribution in [0.25, 0.3) is 11.3 Å². The van der Waals surface area contributed by atoms with E-state index >= 15 is 0 Å². The lowest BCUT2D eigenvalue weighted by Gasteiger charge is -2.36. The Balaban J connectivity index is 1.43. The van der Waals surface area contributed by atoms with Crippen LogP contribution in [0.1, 0.15) is 5.56 Å². The van der Waals surface area contributed by atoms with Gasteiger partial charge < -0.3 is 9.80 Å². The van der Waals surface area contributed by atoms with Crippen LogP contribution in [0.2, 0.25) is 5.02 Å². The Morgan fingerprint density at radius 3 is 2.44 bits per heavy atom. The van der Waals surface area contributed by atoms with Gasteiger partial charge in [0.2, 0.25) is 0 Å². The van der Waals surface area contributed by atoms with Gasteiger partial charge in [-0.2, -0.15) is 5.26 Å². The van der Waals surface area contributed by atoms with Crippen molar-refractivity contribution in [1.29, 1.82) is 5.26 Å². The zero-order chi connectivity index (χ0) is 18.6. The van der Waals surface area contributed by atoms with Gasteiger partial charge in [0.1, 0.15) is 11.9 Å². The number of hydrogen-bond donors (Lipinski definition) is 0. The van der Waals surface area contributed by atoms with Crippen molar-refractivity contribution in [1.82, 2.24) is 20.2 Å². The van der Waals surface area contributed by atoms with E-state index in [-0.39, 0.29) is 0 Å². The van der Waals surface area contributed by atoms with Crippen molar-refractivity contribution >= 4 is 23.2 Å². The molecule has 3 aromatic rings. The number of piperazine rings is 1. The summed E-state index contributed by atoms with van der Waals surface area (Å²) in [5, 5.41) is 18.1. The summed E-state index contributed by atoms with van der Waals surface area (Å²) in [5.41, 5.74) is 2.22. The van der Waals surface area contributed by atoms with Crippen LogP contribution in [0, 0.1) is 11.3 Å². The Kier molecular flexibility index (Phi) is 4.81. The third-order valence-corrected chi connectivity index (χ3v) is 4.74. The molecule has 0 radical (unpaired) electrons. The Morgan fingerprint density at radius 1 is 1.00 bits per heavy atom. The lowest BCUT2D eigenvalue weighted by Crippen LogP contribution is -2.47. The molecule has 7 nitrogen and oxygen atoms in total. The summed E-state index contributed by atoms with van der Waals surface area (Å²) in [6.45, 7) is 3.12. The van der Waals surface area contributed by atoms with Crippen LogP contribution in [0.3, 0.4) is 0 Å². The van der Waals surface area contributed by atoms with E-state index in [9.17, 15) is 0 Å². The highest BCUT2D eigenvalue weighted by atomic mass is 35.5. The summed E-state index contributed by atoms with van der Waals surface area (Å²) in [5.74, 6) is 1.56. The van der Waals surface area contributed by atoms with E-state index in [0.717, 1.165) is 43.3 Å². The number of pyridine rings is 2. The van der Waals surface area contributed by atoms with Crippen LogP contribution in [0.5, 0.6) is 0 Å². The second-order valence-corrected chi connectivity index (χ2v) is 6.54. The predicted octanol–water partition coefficient (Wildman–Crippen LogP) is 2.79. The highest BCUT2D eigenvalue weighted by Crippen LogP contribution is 2.26. The van der Waals surface area contributed by atoms with E-state index in [1.54, 1.807) is 24.7 Å². The summed E-state index contributed by atoms with van der Waals surface area (Å²) >= 11 is 6.27. The van der Waals surface area contributed by atoms with Gasteiger partial charge in [-0.05, 0) is 30.3 Å². The number of hydrogen-bond acceptors (Lipinski definition) is 7. The third-order valence-electron chi connectivity index (χ3n) is 4.46. The zero-order valence-corrected chi connectivity index (χ0v) is 15.2. The molecule has 0 bridgehead atoms. The summed E-state index contributed by atoms with van der Waals surface area (Å²) in [4.78, 5) is 12.8. The van der Waals surface area contributed by atoms with Crippen molar-refractivity contribution in [3.8, 4) is 17.3 Å². The molecular formula is C19H16ClN7. The fourth-order valence-corrected chi connectivity index (χ4v) is 3.32.